The summed E-state index contributed by atoms with van der Waals surface area (Å²) in [5.41, 5.74) is 1.32. The van der Waals surface area contributed by atoms with Gasteiger partial charge >= 0.3 is 0 Å². The summed E-state index contributed by atoms with van der Waals surface area (Å²) >= 11 is 0. The number of hydrogen-bond donors (Lipinski definition) is 0. The molecule has 2 rings (SSSR count). The Kier molecular flexibility index (Phi) is 2.73. The molecule has 1 aromatic heterocycles. The van der Waals surface area contributed by atoms with E-state index in [0.29, 0.717) is 11.1 Å². The van der Waals surface area contributed by atoms with Crippen LogP contribution in [0.3, 0.4) is 0 Å². The molecule has 0 N–H and O–H groups in total. The molecular weight excluding hydrogens is 202 g/mol. The number of benzene rings is 1. The standard InChI is InChI=1S/C12H7N3O/c13-7-11(15-8-16)10-5-1-3-9-4-2-6-14-12(9)10/h1-6,11H. The van der Waals surface area contributed by atoms with Crippen molar-refractivity contribution < 1.29 is 4.79 Å². The normalized spacial score (nSPS) is 11.4. The first kappa shape index (κ1) is 10.0. The van der Waals surface area contributed by atoms with Gasteiger partial charge in [-0.2, -0.15) is 10.3 Å². The Morgan fingerprint density at radius 3 is 2.88 bits per heavy atom. The van der Waals surface area contributed by atoms with E-state index in [1.54, 1.807) is 12.3 Å². The number of nitrogens with zero attached hydrogens (tertiary/aromatic N) is 3. The molecule has 0 aliphatic heterocycles. The van der Waals surface area contributed by atoms with Crippen molar-refractivity contribution >= 4 is 17.0 Å². The molecule has 0 aliphatic rings. The number of rotatable bonds is 2. The van der Waals surface area contributed by atoms with Crippen molar-refractivity contribution in [1.29, 1.82) is 5.26 Å². The van der Waals surface area contributed by atoms with Gasteiger partial charge in [0.15, 0.2) is 6.04 Å². The van der Waals surface area contributed by atoms with E-state index in [9.17, 15) is 4.79 Å². The highest BCUT2D eigenvalue weighted by Gasteiger charge is 2.12. The van der Waals surface area contributed by atoms with Crippen LogP contribution in [0.15, 0.2) is 41.5 Å². The van der Waals surface area contributed by atoms with E-state index in [4.69, 9.17) is 5.26 Å². The van der Waals surface area contributed by atoms with Gasteiger partial charge in [0.05, 0.1) is 11.6 Å². The zero-order valence-electron chi connectivity index (χ0n) is 8.29. The van der Waals surface area contributed by atoms with Crippen LogP contribution in [-0.4, -0.2) is 11.1 Å². The topological polar surface area (TPSA) is 66.1 Å². The predicted octanol–water partition coefficient (Wildman–Crippen LogP) is 2.14. The van der Waals surface area contributed by atoms with Crippen molar-refractivity contribution in [3.8, 4) is 6.07 Å². The van der Waals surface area contributed by atoms with Gasteiger partial charge in [0.1, 0.15) is 0 Å². The van der Waals surface area contributed by atoms with Crippen LogP contribution in [0.5, 0.6) is 0 Å². The molecule has 0 spiro atoms. The predicted molar refractivity (Wildman–Crippen MR) is 58.2 cm³/mol. The zero-order valence-corrected chi connectivity index (χ0v) is 8.29. The highest BCUT2D eigenvalue weighted by atomic mass is 16.1. The fourth-order valence-electron chi connectivity index (χ4n) is 1.57. The van der Waals surface area contributed by atoms with Gasteiger partial charge in [-0.1, -0.05) is 24.3 Å². The molecule has 1 atom stereocenters. The largest absolute Gasteiger partial charge is 0.256 e. The van der Waals surface area contributed by atoms with Crippen LogP contribution < -0.4 is 0 Å². The second-order valence-corrected chi connectivity index (χ2v) is 3.17. The molecule has 0 fully saturated rings. The summed E-state index contributed by atoms with van der Waals surface area (Å²) in [7, 11) is 0. The van der Waals surface area contributed by atoms with E-state index in [-0.39, 0.29) is 0 Å². The van der Waals surface area contributed by atoms with E-state index in [0.717, 1.165) is 5.39 Å². The van der Waals surface area contributed by atoms with Crippen molar-refractivity contribution in [2.75, 3.05) is 0 Å². The van der Waals surface area contributed by atoms with Crippen molar-refractivity contribution in [2.24, 2.45) is 4.99 Å². The Hall–Kier alpha value is -2.50. The minimum absolute atomic E-state index is 0.629. The van der Waals surface area contributed by atoms with E-state index in [1.807, 2.05) is 30.3 Å². The second kappa shape index (κ2) is 4.35. The number of aromatic nitrogens is 1. The Morgan fingerprint density at radius 2 is 2.12 bits per heavy atom. The minimum Gasteiger partial charge on any atom is -0.256 e. The number of isocyanates is 1. The molecule has 4 heteroatoms. The Labute approximate surface area is 91.9 Å². The maximum Gasteiger partial charge on any atom is 0.236 e. The number of pyridine rings is 1. The first-order chi connectivity index (χ1) is 7.86. The summed E-state index contributed by atoms with van der Waals surface area (Å²) in [5, 5.41) is 9.84. The van der Waals surface area contributed by atoms with Crippen molar-refractivity contribution in [3.63, 3.8) is 0 Å². The fourth-order valence-corrected chi connectivity index (χ4v) is 1.57. The lowest BCUT2D eigenvalue weighted by atomic mass is 10.0. The molecule has 0 saturated carbocycles. The van der Waals surface area contributed by atoms with Crippen LogP contribution in [0.25, 0.3) is 10.9 Å². The van der Waals surface area contributed by atoms with Crippen molar-refractivity contribution in [3.05, 3.63) is 42.1 Å². The van der Waals surface area contributed by atoms with Crippen LogP contribution in [0.1, 0.15) is 11.6 Å². The van der Waals surface area contributed by atoms with Crippen molar-refractivity contribution in [1.82, 2.24) is 4.98 Å². The lowest BCUT2D eigenvalue weighted by molar-refractivity contribution is 0.561. The summed E-state index contributed by atoms with van der Waals surface area (Å²) in [4.78, 5) is 17.9. The number of aliphatic imine (C=N–C) groups is 1. The summed E-state index contributed by atoms with van der Waals surface area (Å²) < 4.78 is 0. The number of nitriles is 1. The molecule has 4 nitrogen and oxygen atoms in total. The molecule has 0 bridgehead atoms. The molecule has 0 amide bonds. The summed E-state index contributed by atoms with van der Waals surface area (Å²) in [6, 6.07) is 10.3. The summed E-state index contributed by atoms with van der Waals surface area (Å²) in [6.45, 7) is 0. The van der Waals surface area contributed by atoms with Gasteiger partial charge in [0, 0.05) is 17.1 Å². The number of hydrogen-bond acceptors (Lipinski definition) is 4. The third-order valence-corrected chi connectivity index (χ3v) is 2.26. The van der Waals surface area contributed by atoms with Crippen LogP contribution in [0, 0.1) is 11.3 Å². The number of fused-ring (bicyclic) bond motifs is 1. The van der Waals surface area contributed by atoms with Gasteiger partial charge in [-0.15, -0.1) is 0 Å². The molecule has 1 aromatic carbocycles. The monoisotopic (exact) mass is 209 g/mol. The van der Waals surface area contributed by atoms with Gasteiger partial charge < -0.3 is 0 Å². The first-order valence-electron chi connectivity index (χ1n) is 4.67. The van der Waals surface area contributed by atoms with Gasteiger partial charge in [0.25, 0.3) is 0 Å². The second-order valence-electron chi connectivity index (χ2n) is 3.17. The smallest absolute Gasteiger partial charge is 0.236 e. The van der Waals surface area contributed by atoms with Gasteiger partial charge in [0.2, 0.25) is 6.08 Å². The third-order valence-electron chi connectivity index (χ3n) is 2.26. The lowest BCUT2D eigenvalue weighted by Crippen LogP contribution is -1.94. The van der Waals surface area contributed by atoms with E-state index in [1.165, 1.54) is 6.08 Å². The molecular formula is C12H7N3O. The van der Waals surface area contributed by atoms with E-state index < -0.39 is 6.04 Å². The number of carbonyl (C=O) groups excluding carboxylic acids is 1. The van der Waals surface area contributed by atoms with Gasteiger partial charge in [-0.05, 0) is 6.07 Å². The molecule has 76 valence electrons. The van der Waals surface area contributed by atoms with Crippen LogP contribution in [-0.2, 0) is 4.79 Å². The minimum atomic E-state index is -0.837. The molecule has 2 aromatic rings. The summed E-state index contributed by atoms with van der Waals surface area (Å²) in [6.07, 6.45) is 3.05. The van der Waals surface area contributed by atoms with Crippen LogP contribution in [0.2, 0.25) is 0 Å². The molecule has 1 heterocycles. The molecule has 16 heavy (non-hydrogen) atoms. The van der Waals surface area contributed by atoms with Gasteiger partial charge in [-0.3, -0.25) is 4.98 Å². The highest BCUT2D eigenvalue weighted by molar-refractivity contribution is 5.82. The molecule has 0 saturated heterocycles. The SMILES string of the molecule is N#CC(N=C=O)c1cccc2cccnc12. The fraction of sp³-hybridized carbons (Fsp3) is 0.0833. The zero-order chi connectivity index (χ0) is 11.4. The quantitative estimate of drug-likeness (QED) is 0.562. The molecule has 0 aliphatic carbocycles. The maximum atomic E-state index is 10.2. The average molecular weight is 209 g/mol. The maximum absolute atomic E-state index is 10.2. The van der Waals surface area contributed by atoms with E-state index >= 15 is 0 Å². The Bertz CT molecular complexity index is 604. The summed E-state index contributed by atoms with van der Waals surface area (Å²) in [5.74, 6) is 0. The number of para-hydroxylation sites is 1. The highest BCUT2D eigenvalue weighted by Crippen LogP contribution is 2.23. The van der Waals surface area contributed by atoms with Crippen molar-refractivity contribution in [2.45, 2.75) is 6.04 Å². The first-order valence-corrected chi connectivity index (χ1v) is 4.67. The van der Waals surface area contributed by atoms with Gasteiger partial charge in [-0.25, -0.2) is 4.79 Å². The van der Waals surface area contributed by atoms with E-state index in [2.05, 4.69) is 9.98 Å². The Balaban J connectivity index is 2.69. The lowest BCUT2D eigenvalue weighted by Gasteiger charge is -2.05. The third kappa shape index (κ3) is 1.68. The van der Waals surface area contributed by atoms with Crippen LogP contribution in [0.4, 0.5) is 0 Å². The van der Waals surface area contributed by atoms with Crippen LogP contribution >= 0.6 is 0 Å². The Morgan fingerprint density at radius 1 is 1.31 bits per heavy atom. The molecule has 1 unspecified atom stereocenters. The average Bonchev–Trinajstić information content (AvgIpc) is 2.35. The molecule has 0 radical (unpaired) electrons.